The highest BCUT2D eigenvalue weighted by atomic mass is 16.5. The van der Waals surface area contributed by atoms with Gasteiger partial charge in [0.2, 0.25) is 0 Å². The molecule has 0 aliphatic carbocycles. The normalized spacial score (nSPS) is 9.88. The van der Waals surface area contributed by atoms with E-state index in [4.69, 9.17) is 9.47 Å². The molecule has 1 aromatic heterocycles. The van der Waals surface area contributed by atoms with Crippen LogP contribution in [0.15, 0.2) is 36.5 Å². The number of ether oxygens (including phenoxy) is 2. The molecule has 0 aliphatic heterocycles. The van der Waals surface area contributed by atoms with Gasteiger partial charge in [0.1, 0.15) is 11.5 Å². The van der Waals surface area contributed by atoms with Crippen LogP contribution in [0.3, 0.4) is 0 Å². The van der Waals surface area contributed by atoms with E-state index in [0.29, 0.717) is 0 Å². The highest BCUT2D eigenvalue weighted by Gasteiger charge is 2.08. The zero-order valence-electron chi connectivity index (χ0n) is 9.18. The summed E-state index contributed by atoms with van der Waals surface area (Å²) in [4.78, 5) is 0. The Kier molecular flexibility index (Phi) is 3.00. The minimum absolute atomic E-state index is 0.722. The Labute approximate surface area is 93.9 Å². The molecule has 0 bridgehead atoms. The Bertz CT molecular complexity index is 472. The van der Waals surface area contributed by atoms with E-state index in [2.05, 4.69) is 10.2 Å². The van der Waals surface area contributed by atoms with Crippen LogP contribution in [0.5, 0.6) is 11.5 Å². The molecule has 1 heterocycles. The van der Waals surface area contributed by atoms with Crippen molar-refractivity contribution in [3.05, 3.63) is 36.5 Å². The highest BCUT2D eigenvalue weighted by molar-refractivity contribution is 5.68. The van der Waals surface area contributed by atoms with Gasteiger partial charge in [-0.25, -0.2) is 0 Å². The van der Waals surface area contributed by atoms with E-state index in [1.54, 1.807) is 20.4 Å². The molecule has 0 unspecified atom stereocenters. The predicted molar refractivity (Wildman–Crippen MR) is 60.6 cm³/mol. The van der Waals surface area contributed by atoms with Crippen LogP contribution in [0.4, 0.5) is 0 Å². The van der Waals surface area contributed by atoms with Gasteiger partial charge in [0.15, 0.2) is 0 Å². The average molecular weight is 216 g/mol. The first-order valence-corrected chi connectivity index (χ1v) is 4.85. The molecule has 0 saturated heterocycles. The van der Waals surface area contributed by atoms with E-state index < -0.39 is 0 Å². The van der Waals surface area contributed by atoms with Gasteiger partial charge >= 0.3 is 0 Å². The lowest BCUT2D eigenvalue weighted by molar-refractivity contribution is 0.395. The Hall–Kier alpha value is -2.10. The van der Waals surface area contributed by atoms with E-state index >= 15 is 0 Å². The van der Waals surface area contributed by atoms with Crippen molar-refractivity contribution in [2.24, 2.45) is 0 Å². The fourth-order valence-corrected chi connectivity index (χ4v) is 1.46. The molecule has 0 atom stereocenters. The molecule has 0 aliphatic rings. The maximum absolute atomic E-state index is 5.29. The fourth-order valence-electron chi connectivity index (χ4n) is 1.46. The maximum atomic E-state index is 5.29. The van der Waals surface area contributed by atoms with Gasteiger partial charge in [0.25, 0.3) is 0 Å². The van der Waals surface area contributed by atoms with Crippen molar-refractivity contribution in [1.82, 2.24) is 10.2 Å². The molecule has 0 saturated carbocycles. The van der Waals surface area contributed by atoms with Crippen LogP contribution in [0.25, 0.3) is 11.3 Å². The molecule has 1 aromatic carbocycles. The van der Waals surface area contributed by atoms with E-state index in [0.717, 1.165) is 22.8 Å². The van der Waals surface area contributed by atoms with E-state index in [1.165, 1.54) is 0 Å². The van der Waals surface area contributed by atoms with Crippen LogP contribution in [0, 0.1) is 0 Å². The van der Waals surface area contributed by atoms with Crippen LogP contribution in [-0.2, 0) is 0 Å². The Morgan fingerprint density at radius 2 is 1.94 bits per heavy atom. The molecule has 2 aromatic rings. The molecule has 82 valence electrons. The molecular weight excluding hydrogens is 204 g/mol. The van der Waals surface area contributed by atoms with Gasteiger partial charge in [-0.15, -0.1) is 0 Å². The second kappa shape index (κ2) is 4.61. The number of methoxy groups -OCH3 is 2. The van der Waals surface area contributed by atoms with Crippen molar-refractivity contribution in [3.8, 4) is 22.8 Å². The largest absolute Gasteiger partial charge is 0.497 e. The Morgan fingerprint density at radius 3 is 2.56 bits per heavy atom. The molecular formula is C12H12N2O2. The SMILES string of the molecule is COc1ccc(-c2cccnn2)c(OC)c1. The molecule has 0 radical (unpaired) electrons. The molecule has 16 heavy (non-hydrogen) atoms. The fraction of sp³-hybridized carbons (Fsp3) is 0.167. The third-order valence-electron chi connectivity index (χ3n) is 2.26. The number of hydrogen-bond acceptors (Lipinski definition) is 4. The Morgan fingerprint density at radius 1 is 1.06 bits per heavy atom. The van der Waals surface area contributed by atoms with Crippen LogP contribution >= 0.6 is 0 Å². The topological polar surface area (TPSA) is 44.2 Å². The lowest BCUT2D eigenvalue weighted by atomic mass is 10.1. The van der Waals surface area contributed by atoms with E-state index in [-0.39, 0.29) is 0 Å². The number of benzene rings is 1. The average Bonchev–Trinajstić information content (AvgIpc) is 2.39. The standard InChI is InChI=1S/C12H12N2O2/c1-15-9-5-6-10(12(8-9)16-2)11-4-3-7-13-14-11/h3-8H,1-2H3. The monoisotopic (exact) mass is 216 g/mol. The van der Waals surface area contributed by atoms with E-state index in [1.807, 2.05) is 30.3 Å². The van der Waals surface area contributed by atoms with Crippen LogP contribution in [-0.4, -0.2) is 24.4 Å². The van der Waals surface area contributed by atoms with Crippen molar-refractivity contribution in [2.45, 2.75) is 0 Å². The number of hydrogen-bond donors (Lipinski definition) is 0. The summed E-state index contributed by atoms with van der Waals surface area (Å²) in [5.74, 6) is 1.48. The lowest BCUT2D eigenvalue weighted by Crippen LogP contribution is -1.92. The smallest absolute Gasteiger partial charge is 0.132 e. The lowest BCUT2D eigenvalue weighted by Gasteiger charge is -2.09. The molecule has 0 fully saturated rings. The van der Waals surface area contributed by atoms with Gasteiger partial charge in [-0.1, -0.05) is 0 Å². The summed E-state index contributed by atoms with van der Waals surface area (Å²) in [5, 5.41) is 7.88. The minimum atomic E-state index is 0.722. The first-order valence-electron chi connectivity index (χ1n) is 4.85. The summed E-state index contributed by atoms with van der Waals surface area (Å²) in [5.41, 5.74) is 1.68. The van der Waals surface area contributed by atoms with Gasteiger partial charge < -0.3 is 9.47 Å². The zero-order valence-corrected chi connectivity index (χ0v) is 9.18. The van der Waals surface area contributed by atoms with Crippen molar-refractivity contribution >= 4 is 0 Å². The molecule has 4 nitrogen and oxygen atoms in total. The van der Waals surface area contributed by atoms with E-state index in [9.17, 15) is 0 Å². The Balaban J connectivity index is 2.49. The van der Waals surface area contributed by atoms with Crippen LogP contribution < -0.4 is 9.47 Å². The predicted octanol–water partition coefficient (Wildman–Crippen LogP) is 2.16. The minimum Gasteiger partial charge on any atom is -0.497 e. The molecule has 0 amide bonds. The van der Waals surface area contributed by atoms with Crippen molar-refractivity contribution < 1.29 is 9.47 Å². The molecule has 2 rings (SSSR count). The van der Waals surface area contributed by atoms with Crippen LogP contribution in [0.2, 0.25) is 0 Å². The highest BCUT2D eigenvalue weighted by Crippen LogP contribution is 2.31. The van der Waals surface area contributed by atoms with Gasteiger partial charge in [0.05, 0.1) is 19.9 Å². The van der Waals surface area contributed by atoms with Crippen molar-refractivity contribution in [1.29, 1.82) is 0 Å². The molecule has 0 N–H and O–H groups in total. The molecule has 4 heteroatoms. The van der Waals surface area contributed by atoms with Gasteiger partial charge in [-0.05, 0) is 24.3 Å². The first-order chi connectivity index (χ1) is 7.85. The maximum Gasteiger partial charge on any atom is 0.132 e. The summed E-state index contributed by atoms with van der Waals surface area (Å²) in [6.07, 6.45) is 1.64. The first kappa shape index (κ1) is 10.4. The van der Waals surface area contributed by atoms with Gasteiger partial charge in [-0.2, -0.15) is 10.2 Å². The summed E-state index contributed by atoms with van der Waals surface area (Å²) in [6, 6.07) is 9.32. The third-order valence-corrected chi connectivity index (χ3v) is 2.26. The third kappa shape index (κ3) is 1.95. The quantitative estimate of drug-likeness (QED) is 0.788. The molecule has 0 spiro atoms. The van der Waals surface area contributed by atoms with Crippen LogP contribution in [0.1, 0.15) is 0 Å². The summed E-state index contributed by atoms with van der Waals surface area (Å²) in [6.45, 7) is 0. The second-order valence-corrected chi connectivity index (χ2v) is 3.18. The number of rotatable bonds is 3. The summed E-state index contributed by atoms with van der Waals surface area (Å²) >= 11 is 0. The van der Waals surface area contributed by atoms with Crippen molar-refractivity contribution in [3.63, 3.8) is 0 Å². The zero-order chi connectivity index (χ0) is 11.4. The second-order valence-electron chi connectivity index (χ2n) is 3.18. The summed E-state index contributed by atoms with van der Waals surface area (Å²) < 4.78 is 10.4. The van der Waals surface area contributed by atoms with Crippen molar-refractivity contribution in [2.75, 3.05) is 14.2 Å². The number of aromatic nitrogens is 2. The van der Waals surface area contributed by atoms with Gasteiger partial charge in [0, 0.05) is 17.8 Å². The van der Waals surface area contributed by atoms with Gasteiger partial charge in [-0.3, -0.25) is 0 Å². The summed E-state index contributed by atoms with van der Waals surface area (Å²) in [7, 11) is 3.24. The number of nitrogens with zero attached hydrogens (tertiary/aromatic N) is 2.